The third kappa shape index (κ3) is 4.87. The summed E-state index contributed by atoms with van der Waals surface area (Å²) in [5.41, 5.74) is 0.872. The van der Waals surface area contributed by atoms with Crippen molar-refractivity contribution in [2.24, 2.45) is 4.99 Å². The molecule has 1 aliphatic heterocycles. The highest BCUT2D eigenvalue weighted by atomic mass is 16.5. The van der Waals surface area contributed by atoms with Crippen LogP contribution in [-0.2, 0) is 11.2 Å². The molecule has 2 aromatic heterocycles. The number of ether oxygens (including phenoxy) is 1. The molecule has 0 atom stereocenters. The van der Waals surface area contributed by atoms with Crippen molar-refractivity contribution in [3.05, 3.63) is 30.2 Å². The lowest BCUT2D eigenvalue weighted by molar-refractivity contribution is 0.111. The van der Waals surface area contributed by atoms with E-state index in [9.17, 15) is 4.79 Å². The monoisotopic (exact) mass is 373 g/mol. The minimum atomic E-state index is -0.253. The van der Waals surface area contributed by atoms with Gasteiger partial charge in [0.05, 0.1) is 7.11 Å². The summed E-state index contributed by atoms with van der Waals surface area (Å²) in [6.45, 7) is 2.19. The van der Waals surface area contributed by atoms with Crippen molar-refractivity contribution < 1.29 is 9.53 Å². The number of aliphatic imine (C=N–C) groups is 1. The van der Waals surface area contributed by atoms with Gasteiger partial charge in [-0.2, -0.15) is 0 Å². The van der Waals surface area contributed by atoms with E-state index in [4.69, 9.17) is 4.74 Å². The Morgan fingerprint density at radius 2 is 2.15 bits per heavy atom. The SMILES string of the molecule is CN=C(NCCCc1nnc2ccccn12)NC1CCN(C(=O)OC)CC1. The first-order valence-corrected chi connectivity index (χ1v) is 9.30. The normalized spacial score (nSPS) is 15.8. The van der Waals surface area contributed by atoms with Crippen molar-refractivity contribution in [1.82, 2.24) is 30.1 Å². The standard InChI is InChI=1S/C18H27N7O2/c1-19-17(21-14-8-12-24(13-9-14)18(26)27-2)20-10-5-7-16-23-22-15-6-3-4-11-25(15)16/h3-4,6,11,14H,5,7-10,12-13H2,1-2H3,(H2,19,20,21). The van der Waals surface area contributed by atoms with E-state index in [2.05, 4.69) is 25.8 Å². The second-order valence-electron chi connectivity index (χ2n) is 6.52. The first-order chi connectivity index (χ1) is 13.2. The Labute approximate surface area is 158 Å². The molecule has 1 aliphatic rings. The van der Waals surface area contributed by atoms with Crippen LogP contribution in [0.2, 0.25) is 0 Å². The molecule has 1 amide bonds. The van der Waals surface area contributed by atoms with Gasteiger partial charge in [-0.15, -0.1) is 10.2 Å². The van der Waals surface area contributed by atoms with Gasteiger partial charge in [0.2, 0.25) is 0 Å². The second kappa shape index (κ2) is 9.20. The number of rotatable bonds is 5. The van der Waals surface area contributed by atoms with Crippen LogP contribution in [0.15, 0.2) is 29.4 Å². The summed E-state index contributed by atoms with van der Waals surface area (Å²) < 4.78 is 6.79. The second-order valence-corrected chi connectivity index (χ2v) is 6.52. The van der Waals surface area contributed by atoms with Crippen molar-refractivity contribution in [1.29, 1.82) is 0 Å². The molecule has 2 aromatic rings. The van der Waals surface area contributed by atoms with Crippen molar-refractivity contribution in [3.63, 3.8) is 0 Å². The number of nitrogens with zero attached hydrogens (tertiary/aromatic N) is 5. The molecule has 146 valence electrons. The molecule has 3 rings (SSSR count). The molecule has 0 spiro atoms. The number of piperidine rings is 1. The summed E-state index contributed by atoms with van der Waals surface area (Å²) in [4.78, 5) is 17.6. The number of amides is 1. The van der Waals surface area contributed by atoms with Crippen LogP contribution in [0.3, 0.4) is 0 Å². The van der Waals surface area contributed by atoms with E-state index < -0.39 is 0 Å². The van der Waals surface area contributed by atoms with Crippen molar-refractivity contribution in [2.45, 2.75) is 31.7 Å². The molecule has 0 radical (unpaired) electrons. The molecule has 3 heterocycles. The summed E-state index contributed by atoms with van der Waals surface area (Å²) in [6, 6.07) is 6.19. The fraction of sp³-hybridized carbons (Fsp3) is 0.556. The third-order valence-electron chi connectivity index (χ3n) is 4.75. The summed E-state index contributed by atoms with van der Waals surface area (Å²) in [5.74, 6) is 1.75. The van der Waals surface area contributed by atoms with Gasteiger partial charge in [0.15, 0.2) is 11.6 Å². The smallest absolute Gasteiger partial charge is 0.409 e. The van der Waals surface area contributed by atoms with E-state index in [-0.39, 0.29) is 6.09 Å². The van der Waals surface area contributed by atoms with Crippen LogP contribution in [0.4, 0.5) is 4.79 Å². The molecule has 9 nitrogen and oxygen atoms in total. The Morgan fingerprint density at radius 3 is 2.89 bits per heavy atom. The van der Waals surface area contributed by atoms with E-state index in [1.807, 2.05) is 28.8 Å². The van der Waals surface area contributed by atoms with Gasteiger partial charge in [-0.05, 0) is 31.4 Å². The molecule has 9 heteroatoms. The number of guanidine groups is 1. The molecule has 0 aromatic carbocycles. The van der Waals surface area contributed by atoms with Crippen molar-refractivity contribution >= 4 is 17.7 Å². The van der Waals surface area contributed by atoms with Crippen LogP contribution < -0.4 is 10.6 Å². The lowest BCUT2D eigenvalue weighted by Crippen LogP contribution is -2.49. The lowest BCUT2D eigenvalue weighted by atomic mass is 10.1. The average molecular weight is 373 g/mol. The highest BCUT2D eigenvalue weighted by Gasteiger charge is 2.23. The Balaban J connectivity index is 1.39. The van der Waals surface area contributed by atoms with Gasteiger partial charge in [-0.3, -0.25) is 9.39 Å². The number of carbonyl (C=O) groups excluding carboxylic acids is 1. The van der Waals surface area contributed by atoms with Crippen molar-refractivity contribution in [3.8, 4) is 0 Å². The Morgan fingerprint density at radius 1 is 1.33 bits per heavy atom. The first kappa shape index (κ1) is 18.9. The molecule has 0 unspecified atom stereocenters. The maximum Gasteiger partial charge on any atom is 0.409 e. The molecule has 27 heavy (non-hydrogen) atoms. The largest absolute Gasteiger partial charge is 0.453 e. The maximum absolute atomic E-state index is 11.5. The molecular formula is C18H27N7O2. The molecular weight excluding hydrogens is 346 g/mol. The van der Waals surface area contributed by atoms with Gasteiger partial charge < -0.3 is 20.3 Å². The number of pyridine rings is 1. The lowest BCUT2D eigenvalue weighted by Gasteiger charge is -2.32. The van der Waals surface area contributed by atoms with Gasteiger partial charge in [-0.25, -0.2) is 4.79 Å². The summed E-state index contributed by atoms with van der Waals surface area (Å²) >= 11 is 0. The minimum absolute atomic E-state index is 0.253. The van der Waals surface area contributed by atoms with Crippen LogP contribution in [0.1, 0.15) is 25.1 Å². The third-order valence-corrected chi connectivity index (χ3v) is 4.75. The van der Waals surface area contributed by atoms with E-state index in [0.29, 0.717) is 19.1 Å². The molecule has 0 bridgehead atoms. The fourth-order valence-electron chi connectivity index (χ4n) is 3.24. The Hall–Kier alpha value is -2.84. The van der Waals surface area contributed by atoms with E-state index >= 15 is 0 Å². The summed E-state index contributed by atoms with van der Waals surface area (Å²) in [6.07, 6.45) is 5.25. The van der Waals surface area contributed by atoms with Gasteiger partial charge >= 0.3 is 6.09 Å². The Bertz CT molecular complexity index is 781. The topological polar surface area (TPSA) is 96.1 Å². The quantitative estimate of drug-likeness (QED) is 0.462. The first-order valence-electron chi connectivity index (χ1n) is 9.30. The van der Waals surface area contributed by atoms with Crippen LogP contribution >= 0.6 is 0 Å². The van der Waals surface area contributed by atoms with Gasteiger partial charge in [0.1, 0.15) is 5.82 Å². The van der Waals surface area contributed by atoms with Crippen LogP contribution in [0.5, 0.6) is 0 Å². The minimum Gasteiger partial charge on any atom is -0.453 e. The van der Waals surface area contributed by atoms with Gasteiger partial charge in [0, 0.05) is 45.3 Å². The van der Waals surface area contributed by atoms with Crippen LogP contribution in [0.25, 0.3) is 5.65 Å². The number of aromatic nitrogens is 3. The summed E-state index contributed by atoms with van der Waals surface area (Å²) in [7, 11) is 3.19. The van der Waals surface area contributed by atoms with Crippen LogP contribution in [0, 0.1) is 0 Å². The molecule has 2 N–H and O–H groups in total. The molecule has 1 saturated heterocycles. The van der Waals surface area contributed by atoms with Crippen molar-refractivity contribution in [2.75, 3.05) is 33.8 Å². The molecule has 0 saturated carbocycles. The zero-order valence-electron chi connectivity index (χ0n) is 15.9. The zero-order chi connectivity index (χ0) is 19.1. The van der Waals surface area contributed by atoms with Gasteiger partial charge in [-0.1, -0.05) is 6.07 Å². The van der Waals surface area contributed by atoms with E-state index in [0.717, 1.165) is 49.7 Å². The maximum atomic E-state index is 11.5. The average Bonchev–Trinajstić information content (AvgIpc) is 3.13. The number of hydrogen-bond acceptors (Lipinski definition) is 5. The predicted octanol–water partition coefficient (Wildman–Crippen LogP) is 1.06. The van der Waals surface area contributed by atoms with Crippen LogP contribution in [-0.4, -0.2) is 71.4 Å². The highest BCUT2D eigenvalue weighted by Crippen LogP contribution is 2.11. The number of likely N-dealkylation sites (tertiary alicyclic amines) is 1. The number of nitrogens with one attached hydrogen (secondary N) is 2. The molecule has 0 aliphatic carbocycles. The fourth-order valence-corrected chi connectivity index (χ4v) is 3.24. The number of carbonyl (C=O) groups is 1. The summed E-state index contributed by atoms with van der Waals surface area (Å²) in [5, 5.41) is 15.2. The predicted molar refractivity (Wildman–Crippen MR) is 103 cm³/mol. The highest BCUT2D eigenvalue weighted by molar-refractivity contribution is 5.80. The number of hydrogen-bond donors (Lipinski definition) is 2. The number of methoxy groups -OCH3 is 1. The molecule has 1 fully saturated rings. The van der Waals surface area contributed by atoms with Gasteiger partial charge in [0.25, 0.3) is 0 Å². The van der Waals surface area contributed by atoms with E-state index in [1.54, 1.807) is 11.9 Å². The number of aryl methyl sites for hydroxylation is 1. The Kier molecular flexibility index (Phi) is 6.45. The number of fused-ring (bicyclic) bond motifs is 1. The van der Waals surface area contributed by atoms with E-state index in [1.165, 1.54) is 7.11 Å². The zero-order valence-corrected chi connectivity index (χ0v) is 15.9.